The molecule has 0 aliphatic heterocycles. The number of sulfone groups is 1. The van der Waals surface area contributed by atoms with E-state index in [1.165, 1.54) is 6.26 Å². The molecule has 0 heterocycles. The maximum absolute atomic E-state index is 11.0. The lowest BCUT2D eigenvalue weighted by Gasteiger charge is -2.02. The van der Waals surface area contributed by atoms with E-state index in [1.807, 2.05) is 6.07 Å². The fraction of sp³-hybridized carbons (Fsp3) is 0.250. The molecule has 72 valence electrons. The van der Waals surface area contributed by atoms with E-state index in [-0.39, 0.29) is 5.75 Å². The molecule has 0 spiro atoms. The van der Waals surface area contributed by atoms with Gasteiger partial charge in [-0.2, -0.15) is 0 Å². The molecule has 0 saturated carbocycles. The van der Waals surface area contributed by atoms with E-state index in [0.717, 1.165) is 3.57 Å². The highest BCUT2D eigenvalue weighted by Gasteiger charge is 2.07. The second-order valence-corrected chi connectivity index (χ2v) is 6.60. The maximum Gasteiger partial charge on any atom is 0.151 e. The molecule has 5 heteroatoms. The first-order valence-electron chi connectivity index (χ1n) is 3.50. The Bertz CT molecular complexity index is 414. The zero-order valence-electron chi connectivity index (χ0n) is 6.92. The summed E-state index contributed by atoms with van der Waals surface area (Å²) in [4.78, 5) is 0. The Morgan fingerprint density at radius 1 is 1.46 bits per heavy atom. The first-order chi connectivity index (χ1) is 5.88. The van der Waals surface area contributed by atoms with Gasteiger partial charge in [-0.1, -0.05) is 17.7 Å². The fourth-order valence-electron chi connectivity index (χ4n) is 0.921. The molecule has 0 radical (unpaired) electrons. The first kappa shape index (κ1) is 11.3. The van der Waals surface area contributed by atoms with Gasteiger partial charge in [0.25, 0.3) is 0 Å². The van der Waals surface area contributed by atoms with E-state index in [2.05, 4.69) is 22.6 Å². The van der Waals surface area contributed by atoms with Crippen LogP contribution >= 0.6 is 34.2 Å². The minimum Gasteiger partial charge on any atom is -0.229 e. The third-order valence-corrected chi connectivity index (χ3v) is 3.29. The van der Waals surface area contributed by atoms with E-state index in [1.54, 1.807) is 12.1 Å². The molecule has 0 N–H and O–H groups in total. The van der Waals surface area contributed by atoms with Crippen molar-refractivity contribution in [3.8, 4) is 0 Å². The van der Waals surface area contributed by atoms with Gasteiger partial charge in [0.05, 0.1) is 5.75 Å². The van der Waals surface area contributed by atoms with Crippen molar-refractivity contribution >= 4 is 44.0 Å². The Morgan fingerprint density at radius 2 is 2.08 bits per heavy atom. The van der Waals surface area contributed by atoms with Crippen LogP contribution in [-0.4, -0.2) is 14.7 Å². The van der Waals surface area contributed by atoms with Crippen LogP contribution in [0.15, 0.2) is 18.2 Å². The molecule has 0 aliphatic carbocycles. The fourth-order valence-corrected chi connectivity index (χ4v) is 2.74. The molecule has 1 aromatic carbocycles. The van der Waals surface area contributed by atoms with Crippen LogP contribution in [0.25, 0.3) is 0 Å². The van der Waals surface area contributed by atoms with Crippen LogP contribution in [0.5, 0.6) is 0 Å². The summed E-state index contributed by atoms with van der Waals surface area (Å²) in [6.45, 7) is 0. The molecule has 1 aromatic rings. The highest BCUT2D eigenvalue weighted by atomic mass is 127. The number of halogens is 2. The van der Waals surface area contributed by atoms with E-state index >= 15 is 0 Å². The van der Waals surface area contributed by atoms with Crippen molar-refractivity contribution in [1.29, 1.82) is 0 Å². The van der Waals surface area contributed by atoms with Gasteiger partial charge >= 0.3 is 0 Å². The monoisotopic (exact) mass is 330 g/mol. The predicted molar refractivity (Wildman–Crippen MR) is 62.7 cm³/mol. The van der Waals surface area contributed by atoms with Gasteiger partial charge in [0.15, 0.2) is 9.84 Å². The molecule has 0 saturated heterocycles. The van der Waals surface area contributed by atoms with Gasteiger partial charge < -0.3 is 0 Å². The second kappa shape index (κ2) is 4.14. The summed E-state index contributed by atoms with van der Waals surface area (Å²) in [6.07, 6.45) is 1.20. The predicted octanol–water partition coefficient (Wildman–Crippen LogP) is 2.49. The van der Waals surface area contributed by atoms with Crippen molar-refractivity contribution in [2.75, 3.05) is 6.26 Å². The topological polar surface area (TPSA) is 34.1 Å². The SMILES string of the molecule is CS(=O)(=O)Cc1ccc(I)cc1Cl. The quantitative estimate of drug-likeness (QED) is 0.781. The molecular formula is C8H8ClIO2S. The zero-order chi connectivity index (χ0) is 10.1. The molecule has 0 aromatic heterocycles. The summed E-state index contributed by atoms with van der Waals surface area (Å²) in [5.74, 6) is 0.00273. The lowest BCUT2D eigenvalue weighted by Crippen LogP contribution is -2.01. The van der Waals surface area contributed by atoms with Gasteiger partial charge in [-0.25, -0.2) is 8.42 Å². The lowest BCUT2D eigenvalue weighted by molar-refractivity contribution is 0.601. The van der Waals surface area contributed by atoms with Crippen molar-refractivity contribution in [1.82, 2.24) is 0 Å². The van der Waals surface area contributed by atoms with Crippen LogP contribution in [0, 0.1) is 3.57 Å². The minimum atomic E-state index is -3.00. The standard InChI is InChI=1S/C8H8ClIO2S/c1-13(11,12)5-6-2-3-7(10)4-8(6)9/h2-4H,5H2,1H3. The van der Waals surface area contributed by atoms with Gasteiger partial charge in [-0.05, 0) is 40.3 Å². The number of rotatable bonds is 2. The van der Waals surface area contributed by atoms with Crippen molar-refractivity contribution < 1.29 is 8.42 Å². The van der Waals surface area contributed by atoms with Crippen LogP contribution in [0.1, 0.15) is 5.56 Å². The normalized spacial score (nSPS) is 11.6. The number of hydrogen-bond acceptors (Lipinski definition) is 2. The summed E-state index contributed by atoms with van der Waals surface area (Å²) in [6, 6.07) is 5.33. The highest BCUT2D eigenvalue weighted by molar-refractivity contribution is 14.1. The molecule has 0 fully saturated rings. The average molecular weight is 331 g/mol. The highest BCUT2D eigenvalue weighted by Crippen LogP contribution is 2.20. The smallest absolute Gasteiger partial charge is 0.151 e. The Labute approximate surface area is 96.4 Å². The molecule has 0 atom stereocenters. The Hall–Kier alpha value is 0.190. The van der Waals surface area contributed by atoms with Crippen molar-refractivity contribution in [3.05, 3.63) is 32.4 Å². The molecule has 0 amide bonds. The summed E-state index contributed by atoms with van der Waals surface area (Å²) < 4.78 is 23.0. The van der Waals surface area contributed by atoms with Crippen LogP contribution in [0.3, 0.4) is 0 Å². The molecule has 13 heavy (non-hydrogen) atoms. The summed E-state index contributed by atoms with van der Waals surface area (Å²) in [7, 11) is -3.00. The molecule has 2 nitrogen and oxygen atoms in total. The molecular weight excluding hydrogens is 323 g/mol. The first-order valence-corrected chi connectivity index (χ1v) is 7.02. The summed E-state index contributed by atoms with van der Waals surface area (Å²) >= 11 is 7.99. The van der Waals surface area contributed by atoms with E-state index in [9.17, 15) is 8.42 Å². The number of benzene rings is 1. The third kappa shape index (κ3) is 3.83. The lowest BCUT2D eigenvalue weighted by atomic mass is 10.2. The van der Waals surface area contributed by atoms with Gasteiger partial charge in [0, 0.05) is 14.8 Å². The van der Waals surface area contributed by atoms with Crippen LogP contribution in [-0.2, 0) is 15.6 Å². The van der Waals surface area contributed by atoms with E-state index in [0.29, 0.717) is 10.6 Å². The maximum atomic E-state index is 11.0. The van der Waals surface area contributed by atoms with Gasteiger partial charge in [-0.3, -0.25) is 0 Å². The van der Waals surface area contributed by atoms with Crippen molar-refractivity contribution in [2.45, 2.75) is 5.75 Å². The molecule has 0 bridgehead atoms. The van der Waals surface area contributed by atoms with Crippen molar-refractivity contribution in [2.24, 2.45) is 0 Å². The van der Waals surface area contributed by atoms with Gasteiger partial charge in [0.1, 0.15) is 0 Å². The van der Waals surface area contributed by atoms with E-state index in [4.69, 9.17) is 11.6 Å². The third-order valence-electron chi connectivity index (χ3n) is 1.43. The minimum absolute atomic E-state index is 0.00273. The zero-order valence-corrected chi connectivity index (χ0v) is 10.6. The number of hydrogen-bond donors (Lipinski definition) is 0. The average Bonchev–Trinajstić information content (AvgIpc) is 1.93. The van der Waals surface area contributed by atoms with E-state index < -0.39 is 9.84 Å². The molecule has 0 unspecified atom stereocenters. The van der Waals surface area contributed by atoms with Crippen LogP contribution in [0.4, 0.5) is 0 Å². The Morgan fingerprint density at radius 3 is 2.54 bits per heavy atom. The molecule has 1 rings (SSSR count). The largest absolute Gasteiger partial charge is 0.229 e. The second-order valence-electron chi connectivity index (χ2n) is 2.81. The summed E-state index contributed by atoms with van der Waals surface area (Å²) in [5, 5.41) is 0.511. The molecule has 0 aliphatic rings. The van der Waals surface area contributed by atoms with Crippen LogP contribution < -0.4 is 0 Å². The summed E-state index contributed by atoms with van der Waals surface area (Å²) in [5.41, 5.74) is 0.657. The van der Waals surface area contributed by atoms with Gasteiger partial charge in [0.2, 0.25) is 0 Å². The Kier molecular flexibility index (Phi) is 3.59. The van der Waals surface area contributed by atoms with Crippen LogP contribution in [0.2, 0.25) is 5.02 Å². The van der Waals surface area contributed by atoms with Gasteiger partial charge in [-0.15, -0.1) is 0 Å². The van der Waals surface area contributed by atoms with Crippen molar-refractivity contribution in [3.63, 3.8) is 0 Å². The Balaban J connectivity index is 3.04.